The molecule has 1 heterocycles. The normalized spacial score (nSPS) is 22.1. The van der Waals surface area contributed by atoms with Crippen LogP contribution in [0.1, 0.15) is 31.4 Å². The van der Waals surface area contributed by atoms with Crippen molar-refractivity contribution in [3.63, 3.8) is 0 Å². The zero-order valence-electron chi connectivity index (χ0n) is 11.8. The van der Waals surface area contributed by atoms with Crippen molar-refractivity contribution in [1.29, 1.82) is 0 Å². The summed E-state index contributed by atoms with van der Waals surface area (Å²) < 4.78 is 0. The van der Waals surface area contributed by atoms with Gasteiger partial charge in [-0.3, -0.25) is 4.90 Å². The van der Waals surface area contributed by atoms with Crippen LogP contribution in [0.25, 0.3) is 0 Å². The van der Waals surface area contributed by atoms with Crippen LogP contribution in [0.3, 0.4) is 0 Å². The number of rotatable bonds is 4. The van der Waals surface area contributed by atoms with Gasteiger partial charge in [-0.25, -0.2) is 0 Å². The highest BCUT2D eigenvalue weighted by atomic mass is 15.2. The third kappa shape index (κ3) is 2.68. The minimum atomic E-state index is 0.374. The first-order chi connectivity index (χ1) is 8.63. The second-order valence-electron chi connectivity index (χ2n) is 5.47. The van der Waals surface area contributed by atoms with Gasteiger partial charge >= 0.3 is 0 Å². The Morgan fingerprint density at radius 2 is 2.00 bits per heavy atom. The monoisotopic (exact) mass is 247 g/mol. The average Bonchev–Trinajstić information content (AvgIpc) is 2.78. The Morgan fingerprint density at radius 1 is 1.33 bits per heavy atom. The SMILES string of the molecule is CC1CCCN1C(CN)c1ccc(N(C)C)cc1. The van der Waals surface area contributed by atoms with Gasteiger partial charge < -0.3 is 10.6 Å². The third-order valence-electron chi connectivity index (χ3n) is 4.02. The number of hydrogen-bond acceptors (Lipinski definition) is 3. The second-order valence-corrected chi connectivity index (χ2v) is 5.47. The van der Waals surface area contributed by atoms with Crippen LogP contribution in [0.2, 0.25) is 0 Å². The molecule has 2 atom stereocenters. The maximum Gasteiger partial charge on any atom is 0.0473 e. The Balaban J connectivity index is 2.17. The summed E-state index contributed by atoms with van der Waals surface area (Å²) in [6.45, 7) is 4.19. The summed E-state index contributed by atoms with van der Waals surface area (Å²) in [5.74, 6) is 0. The first-order valence-corrected chi connectivity index (χ1v) is 6.86. The van der Waals surface area contributed by atoms with Gasteiger partial charge in [-0.05, 0) is 44.0 Å². The average molecular weight is 247 g/mol. The molecule has 0 aromatic heterocycles. The van der Waals surface area contributed by atoms with E-state index in [-0.39, 0.29) is 0 Å². The standard InChI is InChI=1S/C15H25N3/c1-12-5-4-10-18(12)15(11-16)13-6-8-14(9-7-13)17(2)3/h6-9,12,15H,4-5,10-11,16H2,1-3H3. The van der Waals surface area contributed by atoms with Crippen molar-refractivity contribution < 1.29 is 0 Å². The molecule has 2 N–H and O–H groups in total. The van der Waals surface area contributed by atoms with Gasteiger partial charge in [-0.1, -0.05) is 12.1 Å². The molecule has 0 bridgehead atoms. The Morgan fingerprint density at radius 3 is 2.44 bits per heavy atom. The molecule has 1 aromatic carbocycles. The summed E-state index contributed by atoms with van der Waals surface area (Å²) in [5, 5.41) is 0. The van der Waals surface area contributed by atoms with Crippen molar-refractivity contribution >= 4 is 5.69 Å². The van der Waals surface area contributed by atoms with E-state index < -0.39 is 0 Å². The van der Waals surface area contributed by atoms with Crippen LogP contribution in [0.5, 0.6) is 0 Å². The molecule has 1 aliphatic rings. The van der Waals surface area contributed by atoms with Crippen molar-refractivity contribution in [1.82, 2.24) is 4.90 Å². The molecular weight excluding hydrogens is 222 g/mol. The van der Waals surface area contributed by atoms with Gasteiger partial charge in [0.2, 0.25) is 0 Å². The molecular formula is C15H25N3. The van der Waals surface area contributed by atoms with Crippen molar-refractivity contribution in [3.05, 3.63) is 29.8 Å². The second kappa shape index (κ2) is 5.72. The van der Waals surface area contributed by atoms with E-state index in [4.69, 9.17) is 5.73 Å². The van der Waals surface area contributed by atoms with Crippen molar-refractivity contribution in [2.24, 2.45) is 5.73 Å². The zero-order chi connectivity index (χ0) is 13.1. The minimum Gasteiger partial charge on any atom is -0.378 e. The maximum atomic E-state index is 5.99. The summed E-state index contributed by atoms with van der Waals surface area (Å²) >= 11 is 0. The van der Waals surface area contributed by atoms with E-state index in [1.54, 1.807) is 0 Å². The molecule has 2 unspecified atom stereocenters. The van der Waals surface area contributed by atoms with Gasteiger partial charge in [0.25, 0.3) is 0 Å². The molecule has 1 aliphatic heterocycles. The van der Waals surface area contributed by atoms with Crippen molar-refractivity contribution in [2.75, 3.05) is 32.1 Å². The predicted octanol–water partition coefficient (Wildman–Crippen LogP) is 2.24. The van der Waals surface area contributed by atoms with E-state index in [9.17, 15) is 0 Å². The van der Waals surface area contributed by atoms with E-state index in [2.05, 4.69) is 55.1 Å². The maximum absolute atomic E-state index is 5.99. The molecule has 18 heavy (non-hydrogen) atoms. The fraction of sp³-hybridized carbons (Fsp3) is 0.600. The molecule has 0 radical (unpaired) electrons. The first kappa shape index (κ1) is 13.4. The van der Waals surface area contributed by atoms with E-state index in [0.717, 1.165) is 0 Å². The Bertz CT molecular complexity index is 372. The van der Waals surface area contributed by atoms with Gasteiger partial charge in [0, 0.05) is 38.4 Å². The Hall–Kier alpha value is -1.06. The number of nitrogens with two attached hydrogens (primary N) is 1. The highest BCUT2D eigenvalue weighted by molar-refractivity contribution is 5.46. The summed E-state index contributed by atoms with van der Waals surface area (Å²) in [5.41, 5.74) is 8.58. The molecule has 1 saturated heterocycles. The van der Waals surface area contributed by atoms with E-state index in [0.29, 0.717) is 18.6 Å². The lowest BCUT2D eigenvalue weighted by Crippen LogP contribution is -2.35. The largest absolute Gasteiger partial charge is 0.378 e. The molecule has 3 nitrogen and oxygen atoms in total. The summed E-state index contributed by atoms with van der Waals surface area (Å²) in [7, 11) is 4.13. The quantitative estimate of drug-likeness (QED) is 0.885. The number of benzene rings is 1. The van der Waals surface area contributed by atoms with Crippen LogP contribution in [-0.4, -0.2) is 38.1 Å². The van der Waals surface area contributed by atoms with Gasteiger partial charge in [-0.2, -0.15) is 0 Å². The van der Waals surface area contributed by atoms with Crippen LogP contribution in [0.15, 0.2) is 24.3 Å². The highest BCUT2D eigenvalue weighted by Crippen LogP contribution is 2.29. The molecule has 0 spiro atoms. The van der Waals surface area contributed by atoms with Crippen LogP contribution in [0, 0.1) is 0 Å². The molecule has 0 aliphatic carbocycles. The Labute approximate surface area is 111 Å². The topological polar surface area (TPSA) is 32.5 Å². The van der Waals surface area contributed by atoms with E-state index in [1.165, 1.54) is 30.6 Å². The van der Waals surface area contributed by atoms with Gasteiger partial charge in [0.15, 0.2) is 0 Å². The lowest BCUT2D eigenvalue weighted by Gasteiger charge is -2.31. The van der Waals surface area contributed by atoms with Gasteiger partial charge in [-0.15, -0.1) is 0 Å². The molecule has 1 fully saturated rings. The smallest absolute Gasteiger partial charge is 0.0473 e. The number of anilines is 1. The highest BCUT2D eigenvalue weighted by Gasteiger charge is 2.27. The van der Waals surface area contributed by atoms with Crippen LogP contribution < -0.4 is 10.6 Å². The van der Waals surface area contributed by atoms with Crippen molar-refractivity contribution in [2.45, 2.75) is 31.8 Å². The van der Waals surface area contributed by atoms with Crippen LogP contribution in [-0.2, 0) is 0 Å². The molecule has 0 amide bonds. The molecule has 100 valence electrons. The fourth-order valence-corrected chi connectivity index (χ4v) is 2.88. The number of likely N-dealkylation sites (tertiary alicyclic amines) is 1. The number of hydrogen-bond donors (Lipinski definition) is 1. The fourth-order valence-electron chi connectivity index (χ4n) is 2.88. The third-order valence-corrected chi connectivity index (χ3v) is 4.02. The van der Waals surface area contributed by atoms with E-state index >= 15 is 0 Å². The molecule has 3 heteroatoms. The Kier molecular flexibility index (Phi) is 4.25. The van der Waals surface area contributed by atoms with Crippen LogP contribution >= 0.6 is 0 Å². The summed E-state index contributed by atoms with van der Waals surface area (Å²) in [6, 6.07) is 9.83. The van der Waals surface area contributed by atoms with Crippen LogP contribution in [0.4, 0.5) is 5.69 Å². The summed E-state index contributed by atoms with van der Waals surface area (Å²) in [4.78, 5) is 4.67. The van der Waals surface area contributed by atoms with Gasteiger partial charge in [0.05, 0.1) is 0 Å². The van der Waals surface area contributed by atoms with Gasteiger partial charge in [0.1, 0.15) is 0 Å². The summed E-state index contributed by atoms with van der Waals surface area (Å²) in [6.07, 6.45) is 2.60. The predicted molar refractivity (Wildman–Crippen MR) is 78.0 cm³/mol. The first-order valence-electron chi connectivity index (χ1n) is 6.86. The lowest BCUT2D eigenvalue weighted by molar-refractivity contribution is 0.195. The lowest BCUT2D eigenvalue weighted by atomic mass is 10.0. The molecule has 0 saturated carbocycles. The van der Waals surface area contributed by atoms with E-state index in [1.807, 2.05) is 0 Å². The zero-order valence-corrected chi connectivity index (χ0v) is 11.8. The molecule has 1 aromatic rings. The minimum absolute atomic E-state index is 0.374. The van der Waals surface area contributed by atoms with Crippen molar-refractivity contribution in [3.8, 4) is 0 Å². The molecule has 2 rings (SSSR count). The number of nitrogens with zero attached hydrogens (tertiary/aromatic N) is 2.